The van der Waals surface area contributed by atoms with E-state index in [-0.39, 0.29) is 6.10 Å². The van der Waals surface area contributed by atoms with Gasteiger partial charge >= 0.3 is 0 Å². The first kappa shape index (κ1) is 9.99. The summed E-state index contributed by atoms with van der Waals surface area (Å²) in [5.74, 6) is 0. The van der Waals surface area contributed by atoms with Crippen LogP contribution in [0.15, 0.2) is 0 Å². The second-order valence-electron chi connectivity index (χ2n) is 1.08. The van der Waals surface area contributed by atoms with Crippen LogP contribution in [0.1, 0.15) is 6.92 Å². The highest BCUT2D eigenvalue weighted by Crippen LogP contribution is 1.65. The fourth-order valence-corrected chi connectivity index (χ4v) is 0. The zero-order chi connectivity index (χ0) is 6.28. The van der Waals surface area contributed by atoms with Gasteiger partial charge in [-0.1, -0.05) is 0 Å². The monoisotopic (exact) mass is 107 g/mol. The van der Waals surface area contributed by atoms with E-state index in [2.05, 4.69) is 0 Å². The molecular weight excluding hydrogens is 94.0 g/mol. The van der Waals surface area contributed by atoms with Crippen molar-refractivity contribution in [1.29, 1.82) is 0 Å². The molecule has 0 aliphatic carbocycles. The number of hydrogen-bond acceptors (Lipinski definition) is 3. The second kappa shape index (κ2) is 9.30. The van der Waals surface area contributed by atoms with Gasteiger partial charge in [-0.15, -0.1) is 0 Å². The highest BCUT2D eigenvalue weighted by molar-refractivity contribution is 4.40. The predicted octanol–water partition coefficient (Wildman–Crippen LogP) is -1.07. The molecular formula is C4H13NO2. The number of rotatable bonds is 1. The zero-order valence-corrected chi connectivity index (χ0v) is 4.76. The highest BCUT2D eigenvalue weighted by Gasteiger charge is 1.81. The van der Waals surface area contributed by atoms with Gasteiger partial charge in [0.2, 0.25) is 0 Å². The van der Waals surface area contributed by atoms with E-state index < -0.39 is 0 Å². The molecule has 1 unspecified atom stereocenters. The maximum Gasteiger partial charge on any atom is 0.0634 e. The lowest BCUT2D eigenvalue weighted by atomic mass is 10.4. The molecule has 3 nitrogen and oxygen atoms in total. The topological polar surface area (TPSA) is 66.5 Å². The van der Waals surface area contributed by atoms with E-state index in [0.717, 1.165) is 7.11 Å². The molecule has 0 bridgehead atoms. The van der Waals surface area contributed by atoms with Crippen LogP contribution in [-0.4, -0.2) is 30.0 Å². The van der Waals surface area contributed by atoms with Crippen molar-refractivity contribution in [3.05, 3.63) is 0 Å². The van der Waals surface area contributed by atoms with Gasteiger partial charge in [-0.25, -0.2) is 0 Å². The first-order valence-electron chi connectivity index (χ1n) is 2.10. The fourth-order valence-electron chi connectivity index (χ4n) is 0. The van der Waals surface area contributed by atoms with Gasteiger partial charge in [-0.05, 0) is 6.92 Å². The number of aliphatic hydroxyl groups is 2. The molecule has 0 aliphatic heterocycles. The predicted molar refractivity (Wildman–Crippen MR) is 28.9 cm³/mol. The third-order valence-electron chi connectivity index (χ3n) is 0.341. The van der Waals surface area contributed by atoms with Crippen molar-refractivity contribution in [3.8, 4) is 0 Å². The van der Waals surface area contributed by atoms with E-state index in [4.69, 9.17) is 15.9 Å². The molecule has 0 saturated heterocycles. The molecule has 0 spiro atoms. The lowest BCUT2D eigenvalue weighted by Gasteiger charge is -1.91. The van der Waals surface area contributed by atoms with Crippen LogP contribution < -0.4 is 5.73 Å². The molecule has 0 saturated carbocycles. The quantitative estimate of drug-likeness (QED) is 0.400. The Labute approximate surface area is 43.8 Å². The van der Waals surface area contributed by atoms with Crippen molar-refractivity contribution in [3.63, 3.8) is 0 Å². The smallest absolute Gasteiger partial charge is 0.0634 e. The maximum absolute atomic E-state index is 8.24. The van der Waals surface area contributed by atoms with Crippen molar-refractivity contribution in [2.24, 2.45) is 5.73 Å². The van der Waals surface area contributed by atoms with Gasteiger partial charge in [-0.2, -0.15) is 0 Å². The van der Waals surface area contributed by atoms with E-state index in [9.17, 15) is 0 Å². The summed E-state index contributed by atoms with van der Waals surface area (Å²) in [5.41, 5.74) is 4.92. The summed E-state index contributed by atoms with van der Waals surface area (Å²) in [4.78, 5) is 0. The van der Waals surface area contributed by atoms with Gasteiger partial charge in [0, 0.05) is 13.7 Å². The van der Waals surface area contributed by atoms with E-state index in [1.807, 2.05) is 0 Å². The van der Waals surface area contributed by atoms with Crippen molar-refractivity contribution >= 4 is 0 Å². The van der Waals surface area contributed by atoms with Gasteiger partial charge in [0.15, 0.2) is 0 Å². The summed E-state index contributed by atoms with van der Waals surface area (Å²) in [7, 11) is 1.00. The molecule has 1 atom stereocenters. The number of aliphatic hydroxyl groups excluding tert-OH is 2. The van der Waals surface area contributed by atoms with E-state index in [1.54, 1.807) is 6.92 Å². The molecule has 0 radical (unpaired) electrons. The Hall–Kier alpha value is -0.120. The lowest BCUT2D eigenvalue weighted by Crippen LogP contribution is -2.14. The SMILES string of the molecule is CC(O)CN.CO. The molecule has 0 aromatic carbocycles. The van der Waals surface area contributed by atoms with E-state index >= 15 is 0 Å². The molecule has 0 aromatic rings. The van der Waals surface area contributed by atoms with Crippen molar-refractivity contribution in [2.75, 3.05) is 13.7 Å². The first-order valence-corrected chi connectivity index (χ1v) is 2.10. The molecule has 4 N–H and O–H groups in total. The highest BCUT2D eigenvalue weighted by atomic mass is 16.3. The number of hydrogen-bond donors (Lipinski definition) is 3. The molecule has 3 heteroatoms. The Morgan fingerprint density at radius 2 is 1.71 bits per heavy atom. The third kappa shape index (κ3) is 25.0. The average Bonchev–Trinajstić information content (AvgIpc) is 1.73. The molecule has 0 rings (SSSR count). The minimum Gasteiger partial charge on any atom is -0.400 e. The van der Waals surface area contributed by atoms with Crippen LogP contribution in [0.2, 0.25) is 0 Å². The Bertz CT molecular complexity index is 23.7. The van der Waals surface area contributed by atoms with Crippen LogP contribution in [0.5, 0.6) is 0 Å². The van der Waals surface area contributed by atoms with E-state index in [0.29, 0.717) is 6.54 Å². The lowest BCUT2D eigenvalue weighted by molar-refractivity contribution is 0.203. The Morgan fingerprint density at radius 3 is 1.71 bits per heavy atom. The summed E-state index contributed by atoms with van der Waals surface area (Å²) < 4.78 is 0. The summed E-state index contributed by atoms with van der Waals surface area (Å²) >= 11 is 0. The fraction of sp³-hybridized carbons (Fsp3) is 1.00. The Kier molecular flexibility index (Phi) is 13.3. The van der Waals surface area contributed by atoms with Gasteiger partial charge < -0.3 is 15.9 Å². The van der Waals surface area contributed by atoms with Crippen LogP contribution in [0, 0.1) is 0 Å². The van der Waals surface area contributed by atoms with Gasteiger partial charge in [0.25, 0.3) is 0 Å². The minimum absolute atomic E-state index is 0.338. The third-order valence-corrected chi connectivity index (χ3v) is 0.341. The first-order chi connectivity index (χ1) is 3.27. The molecule has 7 heavy (non-hydrogen) atoms. The molecule has 0 heterocycles. The van der Waals surface area contributed by atoms with Crippen molar-refractivity contribution in [1.82, 2.24) is 0 Å². The van der Waals surface area contributed by atoms with Crippen LogP contribution in [0.25, 0.3) is 0 Å². The summed E-state index contributed by atoms with van der Waals surface area (Å²) in [6.07, 6.45) is -0.338. The van der Waals surface area contributed by atoms with Gasteiger partial charge in [0.1, 0.15) is 0 Å². The van der Waals surface area contributed by atoms with Gasteiger partial charge in [0.05, 0.1) is 6.10 Å². The molecule has 0 amide bonds. The number of nitrogens with two attached hydrogens (primary N) is 1. The average molecular weight is 107 g/mol. The standard InChI is InChI=1S/C3H9NO.CH4O/c1-3(5)2-4;1-2/h3,5H,2,4H2,1H3;2H,1H3. The van der Waals surface area contributed by atoms with Crippen molar-refractivity contribution in [2.45, 2.75) is 13.0 Å². The van der Waals surface area contributed by atoms with Crippen molar-refractivity contribution < 1.29 is 10.2 Å². The van der Waals surface area contributed by atoms with Crippen LogP contribution in [-0.2, 0) is 0 Å². The molecule has 0 aromatic heterocycles. The molecule has 0 aliphatic rings. The van der Waals surface area contributed by atoms with Crippen LogP contribution in [0.4, 0.5) is 0 Å². The summed E-state index contributed by atoms with van der Waals surface area (Å²) in [6.45, 7) is 2.01. The van der Waals surface area contributed by atoms with Crippen LogP contribution >= 0.6 is 0 Å². The molecule has 0 fully saturated rings. The normalized spacial score (nSPS) is 11.6. The van der Waals surface area contributed by atoms with Gasteiger partial charge in [-0.3, -0.25) is 0 Å². The molecule has 46 valence electrons. The maximum atomic E-state index is 8.24. The Morgan fingerprint density at radius 1 is 1.57 bits per heavy atom. The van der Waals surface area contributed by atoms with E-state index in [1.165, 1.54) is 0 Å². The summed E-state index contributed by atoms with van der Waals surface area (Å²) in [5, 5.41) is 15.2. The second-order valence-corrected chi connectivity index (χ2v) is 1.08. The summed E-state index contributed by atoms with van der Waals surface area (Å²) in [6, 6.07) is 0. The largest absolute Gasteiger partial charge is 0.400 e. The minimum atomic E-state index is -0.338. The van der Waals surface area contributed by atoms with Crippen LogP contribution in [0.3, 0.4) is 0 Å². The zero-order valence-electron chi connectivity index (χ0n) is 4.76. The Balaban J connectivity index is 0.